The third-order valence-corrected chi connectivity index (χ3v) is 6.83. The van der Waals surface area contributed by atoms with Crippen LogP contribution < -0.4 is 11.5 Å². The number of anilines is 2. The fourth-order valence-electron chi connectivity index (χ4n) is 1.88. The van der Waals surface area contributed by atoms with Crippen LogP contribution in [0.4, 0.5) is 11.4 Å². The molecule has 22 heavy (non-hydrogen) atoms. The van der Waals surface area contributed by atoms with Crippen molar-refractivity contribution in [3.8, 4) is 0 Å². The van der Waals surface area contributed by atoms with Gasteiger partial charge in [-0.25, -0.2) is 0 Å². The maximum Gasteiger partial charge on any atom is 0.107 e. The average Bonchev–Trinajstić information content (AvgIpc) is 3.12. The molecule has 0 aliphatic rings. The van der Waals surface area contributed by atoms with Gasteiger partial charge in [0.05, 0.1) is 9.40 Å². The van der Waals surface area contributed by atoms with E-state index in [1.807, 2.05) is 24.3 Å². The lowest BCUT2D eigenvalue weighted by Crippen LogP contribution is -1.89. The highest BCUT2D eigenvalue weighted by Crippen LogP contribution is 2.44. The van der Waals surface area contributed by atoms with Crippen molar-refractivity contribution in [3.63, 3.8) is 0 Å². The molecular formula is C12H8N6S4. The molecule has 0 saturated carbocycles. The minimum atomic E-state index is 0.714. The summed E-state index contributed by atoms with van der Waals surface area (Å²) in [5.41, 5.74) is 15.3. The molecule has 0 unspecified atom stereocenters. The molecule has 2 aromatic heterocycles. The molecule has 0 bridgehead atoms. The zero-order chi connectivity index (χ0) is 15.1. The molecule has 0 atom stereocenters. The summed E-state index contributed by atoms with van der Waals surface area (Å²) in [7, 11) is 3.09. The van der Waals surface area contributed by atoms with Crippen molar-refractivity contribution < 1.29 is 0 Å². The standard InChI is InChI=1S/C12H8N6S4/c13-5-1-11-7(15-17-19-11)3-9(5)21-22-10-4-8-12(2-6(10)14)20-18-16-8/h1-4H,13-14H2. The van der Waals surface area contributed by atoms with E-state index in [4.69, 9.17) is 11.5 Å². The summed E-state index contributed by atoms with van der Waals surface area (Å²) in [6.45, 7) is 0. The van der Waals surface area contributed by atoms with Gasteiger partial charge in [-0.1, -0.05) is 30.6 Å². The van der Waals surface area contributed by atoms with Crippen LogP contribution in [-0.4, -0.2) is 19.2 Å². The van der Waals surface area contributed by atoms with Gasteiger partial charge >= 0.3 is 0 Å². The molecule has 0 fully saturated rings. The fourth-order valence-corrected chi connectivity index (χ4v) is 5.28. The lowest BCUT2D eigenvalue weighted by atomic mass is 10.3. The van der Waals surface area contributed by atoms with E-state index in [0.29, 0.717) is 11.4 Å². The van der Waals surface area contributed by atoms with Crippen LogP contribution in [0.15, 0.2) is 34.1 Å². The van der Waals surface area contributed by atoms with Crippen LogP contribution >= 0.6 is 44.7 Å². The number of nitrogen functional groups attached to an aromatic ring is 2. The van der Waals surface area contributed by atoms with Crippen LogP contribution in [-0.2, 0) is 0 Å². The number of aromatic nitrogens is 4. The van der Waals surface area contributed by atoms with Crippen LogP contribution in [0.25, 0.3) is 20.4 Å². The predicted molar refractivity (Wildman–Crippen MR) is 95.4 cm³/mol. The molecule has 4 N–H and O–H groups in total. The Labute approximate surface area is 141 Å². The highest BCUT2D eigenvalue weighted by atomic mass is 33.1. The van der Waals surface area contributed by atoms with Gasteiger partial charge in [-0.2, -0.15) is 0 Å². The lowest BCUT2D eigenvalue weighted by Gasteiger charge is -2.06. The Hall–Kier alpha value is -1.62. The van der Waals surface area contributed by atoms with Crippen molar-refractivity contribution in [2.24, 2.45) is 0 Å². The number of hydrogen-bond donors (Lipinski definition) is 2. The Morgan fingerprint density at radius 1 is 0.727 bits per heavy atom. The predicted octanol–water partition coefficient (Wildman–Crippen LogP) is 3.66. The summed E-state index contributed by atoms with van der Waals surface area (Å²) in [6.07, 6.45) is 0. The second-order valence-corrected chi connectivity index (χ2v) is 8.21. The van der Waals surface area contributed by atoms with Crippen molar-refractivity contribution in [3.05, 3.63) is 24.3 Å². The summed E-state index contributed by atoms with van der Waals surface area (Å²) in [4.78, 5) is 1.89. The van der Waals surface area contributed by atoms with Crippen LogP contribution in [0.2, 0.25) is 0 Å². The minimum Gasteiger partial charge on any atom is -0.398 e. The first-order chi connectivity index (χ1) is 10.7. The van der Waals surface area contributed by atoms with Crippen LogP contribution in [0, 0.1) is 0 Å². The van der Waals surface area contributed by atoms with Gasteiger partial charge < -0.3 is 11.5 Å². The minimum absolute atomic E-state index is 0.714. The van der Waals surface area contributed by atoms with Gasteiger partial charge in [0.1, 0.15) is 11.0 Å². The van der Waals surface area contributed by atoms with E-state index in [1.165, 1.54) is 23.1 Å². The highest BCUT2D eigenvalue weighted by Gasteiger charge is 2.10. The maximum absolute atomic E-state index is 6.09. The van der Waals surface area contributed by atoms with Crippen molar-refractivity contribution in [2.75, 3.05) is 11.5 Å². The van der Waals surface area contributed by atoms with Crippen LogP contribution in [0.3, 0.4) is 0 Å². The van der Waals surface area contributed by atoms with E-state index < -0.39 is 0 Å². The van der Waals surface area contributed by atoms with Gasteiger partial charge in [-0.05, 0) is 47.3 Å². The van der Waals surface area contributed by atoms with Gasteiger partial charge in [-0.3, -0.25) is 0 Å². The van der Waals surface area contributed by atoms with Crippen molar-refractivity contribution in [1.29, 1.82) is 0 Å². The SMILES string of the molecule is Nc1cc2snnc2cc1SSc1cc2nnsc2cc1N. The van der Waals surface area contributed by atoms with Crippen molar-refractivity contribution in [1.82, 2.24) is 19.2 Å². The van der Waals surface area contributed by atoms with E-state index >= 15 is 0 Å². The van der Waals surface area contributed by atoms with E-state index in [0.717, 1.165) is 30.2 Å². The zero-order valence-electron chi connectivity index (χ0n) is 10.9. The van der Waals surface area contributed by atoms with Gasteiger partial charge in [0.15, 0.2) is 0 Å². The third kappa shape index (κ3) is 2.47. The molecule has 2 aromatic carbocycles. The molecule has 0 aliphatic carbocycles. The number of nitrogens with two attached hydrogens (primary N) is 2. The summed E-state index contributed by atoms with van der Waals surface area (Å²) < 4.78 is 9.84. The van der Waals surface area contributed by atoms with E-state index in [2.05, 4.69) is 19.2 Å². The van der Waals surface area contributed by atoms with E-state index in [-0.39, 0.29) is 0 Å². The van der Waals surface area contributed by atoms with Crippen LogP contribution in [0.1, 0.15) is 0 Å². The summed E-state index contributed by atoms with van der Waals surface area (Å²) in [5.74, 6) is 0. The highest BCUT2D eigenvalue weighted by molar-refractivity contribution is 8.76. The maximum atomic E-state index is 6.09. The number of benzene rings is 2. The molecule has 0 aliphatic heterocycles. The topological polar surface area (TPSA) is 104 Å². The Morgan fingerprint density at radius 2 is 1.18 bits per heavy atom. The summed E-state index contributed by atoms with van der Waals surface area (Å²) >= 11 is 2.68. The molecule has 0 amide bonds. The molecule has 4 rings (SSSR count). The van der Waals surface area contributed by atoms with Gasteiger partial charge in [0.2, 0.25) is 0 Å². The second-order valence-electron chi connectivity index (χ2n) is 4.43. The summed E-state index contributed by atoms with van der Waals surface area (Å²) in [6, 6.07) is 7.70. The number of hydrogen-bond acceptors (Lipinski definition) is 10. The van der Waals surface area contributed by atoms with E-state index in [9.17, 15) is 0 Å². The molecule has 0 saturated heterocycles. The van der Waals surface area contributed by atoms with E-state index in [1.54, 1.807) is 21.6 Å². The molecule has 0 spiro atoms. The lowest BCUT2D eigenvalue weighted by molar-refractivity contribution is 1.19. The zero-order valence-corrected chi connectivity index (χ0v) is 14.2. The average molecular weight is 365 g/mol. The summed E-state index contributed by atoms with van der Waals surface area (Å²) in [5, 5.41) is 8.15. The number of nitrogens with zero attached hydrogens (tertiary/aromatic N) is 4. The molecule has 4 aromatic rings. The third-order valence-electron chi connectivity index (χ3n) is 2.98. The Bertz CT molecular complexity index is 898. The van der Waals surface area contributed by atoms with Crippen molar-refractivity contribution in [2.45, 2.75) is 9.79 Å². The largest absolute Gasteiger partial charge is 0.398 e. The van der Waals surface area contributed by atoms with Gasteiger partial charge in [0.25, 0.3) is 0 Å². The monoisotopic (exact) mass is 364 g/mol. The quantitative estimate of drug-likeness (QED) is 0.419. The van der Waals surface area contributed by atoms with Crippen LogP contribution in [0.5, 0.6) is 0 Å². The Kier molecular flexibility index (Phi) is 3.53. The Morgan fingerprint density at radius 3 is 1.64 bits per heavy atom. The molecule has 10 heteroatoms. The number of rotatable bonds is 3. The normalized spacial score (nSPS) is 11.5. The molecule has 0 radical (unpaired) electrons. The second kappa shape index (κ2) is 5.54. The molecule has 2 heterocycles. The van der Waals surface area contributed by atoms with Crippen molar-refractivity contribution >= 4 is 76.5 Å². The molecule has 6 nitrogen and oxygen atoms in total. The first-order valence-corrected chi connectivity index (χ1v) is 9.78. The molecule has 110 valence electrons. The van der Waals surface area contributed by atoms with Gasteiger partial charge in [0, 0.05) is 21.2 Å². The fraction of sp³-hybridized carbons (Fsp3) is 0. The first kappa shape index (κ1) is 14.0. The van der Waals surface area contributed by atoms with Gasteiger partial charge in [-0.15, -0.1) is 10.2 Å². The first-order valence-electron chi connectivity index (χ1n) is 6.08. The number of fused-ring (bicyclic) bond motifs is 2. The Balaban J connectivity index is 1.64. The molecular weight excluding hydrogens is 356 g/mol. The smallest absolute Gasteiger partial charge is 0.107 e.